The second-order valence-corrected chi connectivity index (χ2v) is 6.92. The number of rotatable bonds is 4. The Hall–Kier alpha value is -1.02. The first-order valence-electron chi connectivity index (χ1n) is 7.94. The van der Waals surface area contributed by atoms with Crippen molar-refractivity contribution in [3.8, 4) is 0 Å². The predicted molar refractivity (Wildman–Crippen MR) is 94.5 cm³/mol. The van der Waals surface area contributed by atoms with Gasteiger partial charge in [-0.3, -0.25) is 0 Å². The van der Waals surface area contributed by atoms with Crippen LogP contribution in [0.5, 0.6) is 0 Å². The van der Waals surface area contributed by atoms with Crippen molar-refractivity contribution in [3.05, 3.63) is 50.1 Å². The van der Waals surface area contributed by atoms with Crippen molar-refractivity contribution in [2.24, 2.45) is 0 Å². The molecule has 1 aromatic carbocycles. The van der Waals surface area contributed by atoms with Crippen LogP contribution < -0.4 is 5.32 Å². The summed E-state index contributed by atoms with van der Waals surface area (Å²) >= 11 is 2.28. The largest absolute Gasteiger partial charge is 0.328 e. The van der Waals surface area contributed by atoms with Crippen molar-refractivity contribution >= 4 is 22.6 Å². The molecule has 1 aromatic heterocycles. The molecule has 0 saturated heterocycles. The molecular weight excluding hydrogens is 411 g/mol. The first kappa shape index (κ1) is 16.8. The summed E-state index contributed by atoms with van der Waals surface area (Å²) in [6, 6.07) is 3.07. The van der Waals surface area contributed by atoms with Gasteiger partial charge in [0, 0.05) is 25.1 Å². The van der Waals surface area contributed by atoms with Crippen LogP contribution in [0.1, 0.15) is 42.0 Å². The highest BCUT2D eigenvalue weighted by molar-refractivity contribution is 14.1. The van der Waals surface area contributed by atoms with E-state index in [0.29, 0.717) is 12.0 Å². The van der Waals surface area contributed by atoms with Crippen LogP contribution in [0.15, 0.2) is 12.1 Å². The SMILES string of the molecule is CCc1nc(I)c2n1CCNC2CCc1ccc(F)c(C)c1F. The highest BCUT2D eigenvalue weighted by Gasteiger charge is 2.26. The van der Waals surface area contributed by atoms with E-state index in [-0.39, 0.29) is 11.6 Å². The topological polar surface area (TPSA) is 29.9 Å². The molecule has 124 valence electrons. The number of nitrogens with zero attached hydrogens (tertiary/aromatic N) is 2. The summed E-state index contributed by atoms with van der Waals surface area (Å²) in [7, 11) is 0. The summed E-state index contributed by atoms with van der Waals surface area (Å²) in [5.41, 5.74) is 1.88. The Kier molecular flexibility index (Phi) is 5.01. The lowest BCUT2D eigenvalue weighted by molar-refractivity contribution is 0.397. The van der Waals surface area contributed by atoms with Crippen molar-refractivity contribution in [1.82, 2.24) is 14.9 Å². The Morgan fingerprint density at radius 2 is 2.17 bits per heavy atom. The molecule has 0 saturated carbocycles. The van der Waals surface area contributed by atoms with Crippen molar-refractivity contribution in [2.45, 2.75) is 45.7 Å². The first-order valence-corrected chi connectivity index (χ1v) is 9.02. The highest BCUT2D eigenvalue weighted by atomic mass is 127. The third-order valence-corrected chi connectivity index (χ3v) is 5.31. The maximum absolute atomic E-state index is 14.2. The maximum Gasteiger partial charge on any atom is 0.132 e. The zero-order chi connectivity index (χ0) is 16.6. The lowest BCUT2D eigenvalue weighted by atomic mass is 10.00. The summed E-state index contributed by atoms with van der Waals surface area (Å²) in [6.45, 7) is 5.41. The van der Waals surface area contributed by atoms with Crippen LogP contribution in [0, 0.1) is 22.3 Å². The van der Waals surface area contributed by atoms with E-state index in [0.717, 1.165) is 35.5 Å². The zero-order valence-corrected chi connectivity index (χ0v) is 15.5. The van der Waals surface area contributed by atoms with Gasteiger partial charge in [-0.2, -0.15) is 0 Å². The Balaban J connectivity index is 1.81. The smallest absolute Gasteiger partial charge is 0.132 e. The molecule has 3 nitrogen and oxygen atoms in total. The van der Waals surface area contributed by atoms with Crippen molar-refractivity contribution in [1.29, 1.82) is 0 Å². The second kappa shape index (κ2) is 6.84. The molecular formula is C17H20F2IN3. The number of hydrogen-bond acceptors (Lipinski definition) is 2. The fourth-order valence-corrected chi connectivity index (χ4v) is 4.17. The van der Waals surface area contributed by atoms with Crippen LogP contribution in [-0.4, -0.2) is 16.1 Å². The van der Waals surface area contributed by atoms with E-state index in [2.05, 4.69) is 44.4 Å². The number of aryl methyl sites for hydroxylation is 2. The van der Waals surface area contributed by atoms with Crippen LogP contribution in [0.3, 0.4) is 0 Å². The fourth-order valence-electron chi connectivity index (χ4n) is 3.23. The van der Waals surface area contributed by atoms with Crippen LogP contribution in [0.2, 0.25) is 0 Å². The predicted octanol–water partition coefficient (Wildman–Crippen LogP) is 3.91. The van der Waals surface area contributed by atoms with Crippen LogP contribution >= 0.6 is 22.6 Å². The molecule has 1 aliphatic rings. The number of fused-ring (bicyclic) bond motifs is 1. The minimum Gasteiger partial charge on any atom is -0.328 e. The Bertz CT molecular complexity index is 727. The lowest BCUT2D eigenvalue weighted by Gasteiger charge is -2.27. The molecule has 0 spiro atoms. The van der Waals surface area contributed by atoms with E-state index in [4.69, 9.17) is 0 Å². The van der Waals surface area contributed by atoms with E-state index in [1.165, 1.54) is 18.7 Å². The summed E-state index contributed by atoms with van der Waals surface area (Å²) in [6.07, 6.45) is 2.26. The monoisotopic (exact) mass is 431 g/mol. The minimum atomic E-state index is -0.484. The van der Waals surface area contributed by atoms with E-state index >= 15 is 0 Å². The van der Waals surface area contributed by atoms with Crippen molar-refractivity contribution in [2.75, 3.05) is 6.54 Å². The van der Waals surface area contributed by atoms with Crippen LogP contribution in [-0.2, 0) is 19.4 Å². The van der Waals surface area contributed by atoms with E-state index < -0.39 is 11.6 Å². The van der Waals surface area contributed by atoms with Gasteiger partial charge in [-0.25, -0.2) is 13.8 Å². The Labute approximate surface area is 148 Å². The number of benzene rings is 1. The number of halogens is 3. The number of hydrogen-bond donors (Lipinski definition) is 1. The third kappa shape index (κ3) is 3.15. The number of aromatic nitrogens is 2. The van der Waals surface area contributed by atoms with E-state index in [9.17, 15) is 8.78 Å². The average molecular weight is 431 g/mol. The average Bonchev–Trinajstić information content (AvgIpc) is 2.89. The molecule has 23 heavy (non-hydrogen) atoms. The quantitative estimate of drug-likeness (QED) is 0.745. The fraction of sp³-hybridized carbons (Fsp3) is 0.471. The normalized spacial score (nSPS) is 17.3. The molecule has 0 radical (unpaired) electrons. The zero-order valence-electron chi connectivity index (χ0n) is 13.3. The summed E-state index contributed by atoms with van der Waals surface area (Å²) in [5, 5.41) is 3.51. The van der Waals surface area contributed by atoms with Gasteiger partial charge in [-0.05, 0) is 54.0 Å². The Morgan fingerprint density at radius 1 is 1.39 bits per heavy atom. The molecule has 6 heteroatoms. The van der Waals surface area contributed by atoms with Gasteiger partial charge in [0.15, 0.2) is 0 Å². The highest BCUT2D eigenvalue weighted by Crippen LogP contribution is 2.29. The van der Waals surface area contributed by atoms with Crippen LogP contribution in [0.25, 0.3) is 0 Å². The third-order valence-electron chi connectivity index (χ3n) is 4.52. The molecule has 1 unspecified atom stereocenters. The molecule has 3 rings (SSSR count). The van der Waals surface area contributed by atoms with Gasteiger partial charge in [0.2, 0.25) is 0 Å². The number of imidazole rings is 1. The van der Waals surface area contributed by atoms with Gasteiger partial charge >= 0.3 is 0 Å². The van der Waals surface area contributed by atoms with Crippen molar-refractivity contribution in [3.63, 3.8) is 0 Å². The van der Waals surface area contributed by atoms with Crippen molar-refractivity contribution < 1.29 is 8.78 Å². The standard InChI is InChI=1S/C17H20F2IN3/c1-3-14-22-17(20)16-13(21-8-9-23(14)16)7-5-11-4-6-12(18)10(2)15(11)19/h4,6,13,21H,3,5,7-9H2,1-2H3. The molecule has 1 aliphatic heterocycles. The van der Waals surface area contributed by atoms with E-state index in [1.807, 2.05) is 0 Å². The minimum absolute atomic E-state index is 0.104. The lowest BCUT2D eigenvalue weighted by Crippen LogP contribution is -2.34. The molecule has 0 amide bonds. The molecule has 2 aromatic rings. The first-order chi connectivity index (χ1) is 11.0. The van der Waals surface area contributed by atoms with Gasteiger partial charge in [0.1, 0.15) is 21.2 Å². The molecule has 0 fully saturated rings. The molecule has 0 aliphatic carbocycles. The summed E-state index contributed by atoms with van der Waals surface area (Å²) < 4.78 is 30.9. The molecule has 1 atom stereocenters. The van der Waals surface area contributed by atoms with Gasteiger partial charge in [-0.1, -0.05) is 13.0 Å². The number of nitrogens with one attached hydrogen (secondary N) is 1. The van der Waals surface area contributed by atoms with Gasteiger partial charge in [-0.15, -0.1) is 0 Å². The molecule has 2 heterocycles. The molecule has 1 N–H and O–H groups in total. The van der Waals surface area contributed by atoms with Crippen LogP contribution in [0.4, 0.5) is 8.78 Å². The summed E-state index contributed by atoms with van der Waals surface area (Å²) in [5.74, 6) is 0.209. The van der Waals surface area contributed by atoms with Gasteiger partial charge in [0.05, 0.1) is 11.7 Å². The maximum atomic E-state index is 14.2. The second-order valence-electron chi connectivity index (χ2n) is 5.90. The molecule has 0 bridgehead atoms. The Morgan fingerprint density at radius 3 is 2.91 bits per heavy atom. The van der Waals surface area contributed by atoms with Gasteiger partial charge in [0.25, 0.3) is 0 Å². The van der Waals surface area contributed by atoms with Gasteiger partial charge < -0.3 is 9.88 Å². The van der Waals surface area contributed by atoms with E-state index in [1.54, 1.807) is 6.07 Å². The summed E-state index contributed by atoms with van der Waals surface area (Å²) in [4.78, 5) is 4.65.